The summed E-state index contributed by atoms with van der Waals surface area (Å²) in [5.41, 5.74) is 6.56. The maximum Gasteiger partial charge on any atom is 0.242 e. The van der Waals surface area contributed by atoms with E-state index in [-0.39, 0.29) is 4.90 Å². The lowest BCUT2D eigenvalue weighted by Gasteiger charge is -2.20. The Morgan fingerprint density at radius 2 is 1.81 bits per heavy atom. The summed E-state index contributed by atoms with van der Waals surface area (Å²) in [5, 5.41) is 6.77. The Balaban J connectivity index is 1.68. The number of anilines is 2. The fourth-order valence-corrected chi connectivity index (χ4v) is 4.62. The van der Waals surface area contributed by atoms with E-state index in [2.05, 4.69) is 46.4 Å². The van der Waals surface area contributed by atoms with Crippen LogP contribution in [0.3, 0.4) is 0 Å². The molecule has 1 N–H and O–H groups in total. The fraction of sp³-hybridized carbons (Fsp3) is 0.273. The van der Waals surface area contributed by atoms with Crippen LogP contribution >= 0.6 is 11.3 Å². The highest BCUT2D eigenvalue weighted by molar-refractivity contribution is 7.89. The van der Waals surface area contributed by atoms with Crippen molar-refractivity contribution in [2.75, 3.05) is 37.5 Å². The van der Waals surface area contributed by atoms with E-state index in [4.69, 9.17) is 0 Å². The van der Waals surface area contributed by atoms with Gasteiger partial charge in [-0.05, 0) is 43.7 Å². The molecule has 0 saturated heterocycles. The molecule has 1 heterocycles. The predicted molar refractivity (Wildman–Crippen MR) is 130 cm³/mol. The molecule has 0 atom stereocenters. The molecule has 0 fully saturated rings. The number of hydrogen-bond donors (Lipinski definition) is 1. The van der Waals surface area contributed by atoms with Gasteiger partial charge < -0.3 is 4.90 Å². The van der Waals surface area contributed by atoms with Crippen molar-refractivity contribution in [1.29, 1.82) is 0 Å². The van der Waals surface area contributed by atoms with Crippen LogP contribution in [0.4, 0.5) is 10.8 Å². The molecule has 0 aliphatic carbocycles. The van der Waals surface area contributed by atoms with Gasteiger partial charge in [0.2, 0.25) is 15.2 Å². The molecular weight excluding hydrogens is 430 g/mol. The number of nitrogens with one attached hydrogen (secondary N) is 1. The first-order valence-corrected chi connectivity index (χ1v) is 12.3. The van der Waals surface area contributed by atoms with E-state index in [1.54, 1.807) is 24.4 Å². The van der Waals surface area contributed by atoms with Gasteiger partial charge in [0.05, 0.1) is 16.8 Å². The summed E-state index contributed by atoms with van der Waals surface area (Å²) in [6.45, 7) is 6.23. The molecule has 3 aromatic rings. The van der Waals surface area contributed by atoms with E-state index in [0.29, 0.717) is 10.8 Å². The summed E-state index contributed by atoms with van der Waals surface area (Å²) in [7, 11) is -0.459. The number of thiazole rings is 1. The molecule has 0 bridgehead atoms. The van der Waals surface area contributed by atoms with Crippen LogP contribution in [0.2, 0.25) is 0 Å². The Hall–Kier alpha value is -2.75. The number of hydrazone groups is 1. The van der Waals surface area contributed by atoms with Crippen LogP contribution in [0, 0.1) is 0 Å². The Labute approximate surface area is 188 Å². The maximum absolute atomic E-state index is 12.4. The molecule has 7 nitrogen and oxygen atoms in total. The van der Waals surface area contributed by atoms with Gasteiger partial charge in [-0.25, -0.2) is 17.7 Å². The van der Waals surface area contributed by atoms with Gasteiger partial charge in [0.25, 0.3) is 0 Å². The van der Waals surface area contributed by atoms with Crippen LogP contribution in [-0.2, 0) is 10.0 Å². The second-order valence-electron chi connectivity index (χ2n) is 6.99. The summed E-state index contributed by atoms with van der Waals surface area (Å²) in [4.78, 5) is 7.04. The van der Waals surface area contributed by atoms with Gasteiger partial charge in [-0.1, -0.05) is 24.3 Å². The predicted octanol–water partition coefficient (Wildman–Crippen LogP) is 4.35. The largest absolute Gasteiger partial charge is 0.372 e. The zero-order chi connectivity index (χ0) is 22.4. The van der Waals surface area contributed by atoms with Crippen LogP contribution in [0.25, 0.3) is 11.3 Å². The third-order valence-corrected chi connectivity index (χ3v) is 7.37. The van der Waals surface area contributed by atoms with E-state index in [9.17, 15) is 8.42 Å². The highest BCUT2D eigenvalue weighted by Crippen LogP contribution is 2.27. The lowest BCUT2D eigenvalue weighted by atomic mass is 10.2. The van der Waals surface area contributed by atoms with Gasteiger partial charge in [-0.3, -0.25) is 5.43 Å². The number of rotatable bonds is 9. The minimum absolute atomic E-state index is 0.240. The lowest BCUT2D eigenvalue weighted by Crippen LogP contribution is -2.22. The van der Waals surface area contributed by atoms with Crippen molar-refractivity contribution >= 4 is 38.4 Å². The maximum atomic E-state index is 12.4. The SMILES string of the molecule is CCN(CC)c1ccc(/C=N/Nc2nc(-c3cccc(S(=O)(=O)N(C)C)c3)cs2)cc1. The average molecular weight is 458 g/mol. The van der Waals surface area contributed by atoms with Crippen LogP contribution in [0.1, 0.15) is 19.4 Å². The molecule has 2 aromatic carbocycles. The summed E-state index contributed by atoms with van der Waals surface area (Å²) in [6, 6.07) is 15.0. The average Bonchev–Trinajstić information content (AvgIpc) is 3.24. The number of hydrogen-bond acceptors (Lipinski definition) is 7. The van der Waals surface area contributed by atoms with E-state index in [0.717, 1.165) is 24.2 Å². The molecule has 0 aliphatic heterocycles. The van der Waals surface area contributed by atoms with E-state index in [1.165, 1.54) is 35.4 Å². The zero-order valence-corrected chi connectivity index (χ0v) is 19.7. The second kappa shape index (κ2) is 10.0. The highest BCUT2D eigenvalue weighted by Gasteiger charge is 2.18. The Bertz CT molecular complexity index is 1130. The third kappa shape index (κ3) is 5.49. The van der Waals surface area contributed by atoms with Gasteiger partial charge in [0, 0.05) is 43.8 Å². The van der Waals surface area contributed by atoms with Crippen molar-refractivity contribution < 1.29 is 8.42 Å². The number of sulfonamides is 1. The van der Waals surface area contributed by atoms with E-state index in [1.807, 2.05) is 23.6 Å². The minimum atomic E-state index is -3.49. The standard InChI is InChI=1S/C22H27N5O2S2/c1-5-27(6-2)19-12-10-17(11-13-19)15-23-25-22-24-21(16-30-22)18-8-7-9-20(14-18)31(28,29)26(3)4/h7-16H,5-6H2,1-4H3,(H,24,25)/b23-15+. The summed E-state index contributed by atoms with van der Waals surface area (Å²) < 4.78 is 25.9. The van der Waals surface area contributed by atoms with Gasteiger partial charge in [0.15, 0.2) is 0 Å². The Kier molecular flexibility index (Phi) is 7.42. The first kappa shape index (κ1) is 22.9. The van der Waals surface area contributed by atoms with Gasteiger partial charge in [-0.2, -0.15) is 5.10 Å². The second-order valence-corrected chi connectivity index (χ2v) is 10.00. The van der Waals surface area contributed by atoms with Crippen molar-refractivity contribution in [2.24, 2.45) is 5.10 Å². The normalized spacial score (nSPS) is 11.9. The van der Waals surface area contributed by atoms with Gasteiger partial charge in [0.1, 0.15) is 0 Å². The molecule has 0 radical (unpaired) electrons. The third-order valence-electron chi connectivity index (χ3n) is 4.81. The van der Waals surface area contributed by atoms with E-state index >= 15 is 0 Å². The molecule has 0 saturated carbocycles. The molecule has 1 aromatic heterocycles. The fourth-order valence-electron chi connectivity index (χ4n) is 3.01. The van der Waals surface area contributed by atoms with Gasteiger partial charge in [-0.15, -0.1) is 11.3 Å². The van der Waals surface area contributed by atoms with Crippen molar-refractivity contribution in [3.63, 3.8) is 0 Å². The molecule has 0 aliphatic rings. The monoisotopic (exact) mass is 457 g/mol. The number of benzene rings is 2. The molecule has 0 amide bonds. The van der Waals surface area contributed by atoms with Crippen LogP contribution < -0.4 is 10.3 Å². The van der Waals surface area contributed by atoms with Gasteiger partial charge >= 0.3 is 0 Å². The van der Waals surface area contributed by atoms with Crippen molar-refractivity contribution in [1.82, 2.24) is 9.29 Å². The Morgan fingerprint density at radius 1 is 1.10 bits per heavy atom. The van der Waals surface area contributed by atoms with Crippen molar-refractivity contribution in [3.8, 4) is 11.3 Å². The first-order chi connectivity index (χ1) is 14.8. The molecule has 3 rings (SSSR count). The molecule has 9 heteroatoms. The molecule has 0 spiro atoms. The van der Waals surface area contributed by atoms with Crippen LogP contribution in [0.5, 0.6) is 0 Å². The Morgan fingerprint density at radius 3 is 2.45 bits per heavy atom. The minimum Gasteiger partial charge on any atom is -0.372 e. The van der Waals surface area contributed by atoms with Crippen molar-refractivity contribution in [3.05, 3.63) is 59.5 Å². The zero-order valence-electron chi connectivity index (χ0n) is 18.1. The van der Waals surface area contributed by atoms with Crippen LogP contribution in [-0.4, -0.2) is 51.1 Å². The lowest BCUT2D eigenvalue weighted by molar-refractivity contribution is 0.521. The first-order valence-electron chi connectivity index (χ1n) is 9.97. The quantitative estimate of drug-likeness (QED) is 0.382. The summed E-state index contributed by atoms with van der Waals surface area (Å²) in [5.74, 6) is 0. The molecule has 164 valence electrons. The summed E-state index contributed by atoms with van der Waals surface area (Å²) >= 11 is 1.41. The number of nitrogens with zero attached hydrogens (tertiary/aromatic N) is 4. The van der Waals surface area contributed by atoms with Crippen molar-refractivity contribution in [2.45, 2.75) is 18.7 Å². The highest BCUT2D eigenvalue weighted by atomic mass is 32.2. The summed E-state index contributed by atoms with van der Waals surface area (Å²) in [6.07, 6.45) is 1.75. The molecular formula is C22H27N5O2S2. The topological polar surface area (TPSA) is 77.9 Å². The van der Waals surface area contributed by atoms with E-state index < -0.39 is 10.0 Å². The van der Waals surface area contributed by atoms with Crippen LogP contribution in [0.15, 0.2) is 63.9 Å². The number of aromatic nitrogens is 1. The molecule has 0 unspecified atom stereocenters. The molecule has 31 heavy (non-hydrogen) atoms. The smallest absolute Gasteiger partial charge is 0.242 e.